The van der Waals surface area contributed by atoms with Crippen LogP contribution in [0.25, 0.3) is 0 Å². The number of anilines is 1. The van der Waals surface area contributed by atoms with Crippen molar-refractivity contribution in [2.24, 2.45) is 0 Å². The van der Waals surface area contributed by atoms with Crippen LogP contribution in [0.15, 0.2) is 60.7 Å². The summed E-state index contributed by atoms with van der Waals surface area (Å²) >= 11 is 0. The molecule has 0 radical (unpaired) electrons. The maximum absolute atomic E-state index is 12.8. The zero-order valence-corrected chi connectivity index (χ0v) is 22.4. The van der Waals surface area contributed by atoms with Crippen molar-refractivity contribution < 1.29 is 42.9 Å². The molecule has 0 bridgehead atoms. The molecule has 12 heteroatoms. The van der Waals surface area contributed by atoms with E-state index >= 15 is 0 Å². The first-order valence-corrected chi connectivity index (χ1v) is 12.2. The zero-order chi connectivity index (χ0) is 29.7. The number of nitrogens with zero attached hydrogens (tertiary/aromatic N) is 1. The zero-order valence-electron chi connectivity index (χ0n) is 22.4. The smallest absolute Gasteiger partial charge is 0.419 e. The molecular formula is C28H31N3O9. The van der Waals surface area contributed by atoms with Gasteiger partial charge in [-0.05, 0) is 69.3 Å². The minimum atomic E-state index is -0.880. The van der Waals surface area contributed by atoms with Crippen molar-refractivity contribution in [1.82, 2.24) is 5.32 Å². The third kappa shape index (κ3) is 9.39. The number of esters is 2. The minimum absolute atomic E-state index is 0.174. The van der Waals surface area contributed by atoms with E-state index in [9.17, 15) is 24.0 Å². The fraction of sp³-hybridized carbons (Fsp3) is 0.286. The van der Waals surface area contributed by atoms with E-state index in [1.807, 2.05) is 0 Å². The molecule has 0 aliphatic carbocycles. The molecule has 1 atom stereocenters. The molecule has 0 aliphatic rings. The molecule has 40 heavy (non-hydrogen) atoms. The van der Waals surface area contributed by atoms with Crippen molar-refractivity contribution >= 4 is 41.7 Å². The summed E-state index contributed by atoms with van der Waals surface area (Å²) in [6.07, 6.45) is -0.138. The normalized spacial score (nSPS) is 10.9. The van der Waals surface area contributed by atoms with Crippen molar-refractivity contribution in [2.75, 3.05) is 31.3 Å². The highest BCUT2D eigenvalue weighted by Crippen LogP contribution is 2.17. The van der Waals surface area contributed by atoms with Gasteiger partial charge in [0.05, 0.1) is 24.7 Å². The Morgan fingerprint density at radius 1 is 0.950 bits per heavy atom. The number of hydrogen-bond donors (Lipinski definition) is 2. The van der Waals surface area contributed by atoms with E-state index in [1.54, 1.807) is 13.8 Å². The van der Waals surface area contributed by atoms with E-state index in [2.05, 4.69) is 11.9 Å². The SMILES string of the molecule is C=C(C)C(=O)OCCOC(=O)N(C=N)c1ccc(C(=O)N[C@@H](C)C(=O)c2ccc(OCC(=O)OCC)cc2)cc1. The Labute approximate surface area is 231 Å². The molecule has 0 fully saturated rings. The number of carbonyl (C=O) groups is 5. The van der Waals surface area contributed by atoms with Gasteiger partial charge in [-0.25, -0.2) is 19.3 Å². The summed E-state index contributed by atoms with van der Waals surface area (Å²) in [7, 11) is 0. The van der Waals surface area contributed by atoms with Gasteiger partial charge in [-0.2, -0.15) is 0 Å². The van der Waals surface area contributed by atoms with Crippen LogP contribution in [0.4, 0.5) is 10.5 Å². The predicted octanol–water partition coefficient (Wildman–Crippen LogP) is 3.30. The van der Waals surface area contributed by atoms with Gasteiger partial charge in [-0.1, -0.05) is 6.58 Å². The van der Waals surface area contributed by atoms with Crippen LogP contribution in [0.3, 0.4) is 0 Å². The first-order chi connectivity index (χ1) is 19.1. The van der Waals surface area contributed by atoms with E-state index in [1.165, 1.54) is 55.5 Å². The molecule has 0 aliphatic heterocycles. The molecule has 0 unspecified atom stereocenters. The van der Waals surface area contributed by atoms with Crippen LogP contribution >= 0.6 is 0 Å². The lowest BCUT2D eigenvalue weighted by Crippen LogP contribution is -2.38. The highest BCUT2D eigenvalue weighted by atomic mass is 16.6. The summed E-state index contributed by atoms with van der Waals surface area (Å²) < 4.78 is 19.9. The third-order valence-corrected chi connectivity index (χ3v) is 5.17. The van der Waals surface area contributed by atoms with Gasteiger partial charge in [-0.15, -0.1) is 0 Å². The molecular weight excluding hydrogens is 522 g/mol. The first-order valence-electron chi connectivity index (χ1n) is 12.2. The van der Waals surface area contributed by atoms with Crippen LogP contribution in [0.1, 0.15) is 41.5 Å². The van der Waals surface area contributed by atoms with Gasteiger partial charge in [0, 0.05) is 16.7 Å². The summed E-state index contributed by atoms with van der Waals surface area (Å²) in [5.74, 6) is -1.59. The van der Waals surface area contributed by atoms with E-state index in [4.69, 9.17) is 24.4 Å². The summed E-state index contributed by atoms with van der Waals surface area (Å²) in [4.78, 5) is 61.4. The summed E-state index contributed by atoms with van der Waals surface area (Å²) in [5.41, 5.74) is 1.02. The van der Waals surface area contributed by atoms with Gasteiger partial charge in [0.15, 0.2) is 12.4 Å². The first kappa shape index (κ1) is 31.2. The molecule has 2 aromatic carbocycles. The van der Waals surface area contributed by atoms with E-state index in [0.29, 0.717) is 11.3 Å². The molecule has 2 amide bonds. The summed E-state index contributed by atoms with van der Waals surface area (Å²) in [6.45, 7) is 7.76. The van der Waals surface area contributed by atoms with E-state index in [0.717, 1.165) is 11.2 Å². The highest BCUT2D eigenvalue weighted by molar-refractivity contribution is 6.06. The number of nitrogens with one attached hydrogen (secondary N) is 2. The van der Waals surface area contributed by atoms with Gasteiger partial charge in [-0.3, -0.25) is 15.0 Å². The van der Waals surface area contributed by atoms with Crippen molar-refractivity contribution in [2.45, 2.75) is 26.8 Å². The number of Topliss-reactive ketones (excluding diaryl/α,β-unsaturated/α-hetero) is 1. The number of amides is 2. The van der Waals surface area contributed by atoms with Crippen molar-refractivity contribution in [3.8, 4) is 5.75 Å². The Bertz CT molecular complexity index is 1240. The molecule has 0 aromatic heterocycles. The van der Waals surface area contributed by atoms with Crippen LogP contribution in [-0.4, -0.2) is 68.5 Å². The number of ketones is 1. The molecule has 0 heterocycles. The molecule has 212 valence electrons. The monoisotopic (exact) mass is 553 g/mol. The average molecular weight is 554 g/mol. The number of hydrogen-bond acceptors (Lipinski definition) is 10. The molecule has 2 N–H and O–H groups in total. The Balaban J connectivity index is 1.91. The van der Waals surface area contributed by atoms with Crippen molar-refractivity contribution in [3.63, 3.8) is 0 Å². The second-order valence-corrected chi connectivity index (χ2v) is 8.25. The Morgan fingerprint density at radius 3 is 2.12 bits per heavy atom. The van der Waals surface area contributed by atoms with Crippen molar-refractivity contribution in [1.29, 1.82) is 5.41 Å². The number of carbonyl (C=O) groups excluding carboxylic acids is 5. The lowest BCUT2D eigenvalue weighted by Gasteiger charge is -2.17. The third-order valence-electron chi connectivity index (χ3n) is 5.17. The topological polar surface area (TPSA) is 161 Å². The fourth-order valence-electron chi connectivity index (χ4n) is 3.12. The largest absolute Gasteiger partial charge is 0.482 e. The lowest BCUT2D eigenvalue weighted by molar-refractivity contribution is -0.145. The summed E-state index contributed by atoms with van der Waals surface area (Å²) in [5, 5.41) is 10.1. The second-order valence-electron chi connectivity index (χ2n) is 8.25. The molecule has 0 saturated heterocycles. The fourth-order valence-corrected chi connectivity index (χ4v) is 3.12. The van der Waals surface area contributed by atoms with Crippen LogP contribution in [0.2, 0.25) is 0 Å². The lowest BCUT2D eigenvalue weighted by atomic mass is 10.0. The van der Waals surface area contributed by atoms with Crippen LogP contribution in [0.5, 0.6) is 5.75 Å². The Kier molecular flexibility index (Phi) is 12.0. The maximum atomic E-state index is 12.8. The van der Waals surface area contributed by atoms with Crippen molar-refractivity contribution in [3.05, 3.63) is 71.8 Å². The Hall–Kier alpha value is -5.00. The quantitative estimate of drug-likeness (QED) is 0.0680. The summed E-state index contributed by atoms with van der Waals surface area (Å²) in [6, 6.07) is 11.0. The number of rotatable bonds is 14. The van der Waals surface area contributed by atoms with E-state index in [-0.39, 0.29) is 49.0 Å². The molecule has 0 spiro atoms. The van der Waals surface area contributed by atoms with Gasteiger partial charge >= 0.3 is 18.0 Å². The molecule has 0 saturated carbocycles. The van der Waals surface area contributed by atoms with Crippen LogP contribution in [-0.2, 0) is 23.8 Å². The molecule has 12 nitrogen and oxygen atoms in total. The average Bonchev–Trinajstić information content (AvgIpc) is 2.94. The standard InChI is InChI=1S/C28H31N3O9/c1-5-37-24(32)16-40-23-12-8-20(9-13-23)25(33)19(4)30-26(34)21-6-10-22(11-7-21)31(17-29)28(36)39-15-14-38-27(35)18(2)3/h6-13,17,19,29H,2,5,14-16H2,1,3-4H3,(H,30,34)/t19-/m0/s1. The molecule has 2 aromatic rings. The minimum Gasteiger partial charge on any atom is -0.482 e. The maximum Gasteiger partial charge on any atom is 0.419 e. The number of ether oxygens (including phenoxy) is 4. The van der Waals surface area contributed by atoms with Gasteiger partial charge < -0.3 is 24.3 Å². The van der Waals surface area contributed by atoms with E-state index < -0.39 is 30.0 Å². The second kappa shape index (κ2) is 15.4. The predicted molar refractivity (Wildman–Crippen MR) is 145 cm³/mol. The van der Waals surface area contributed by atoms with Gasteiger partial charge in [0.1, 0.15) is 19.0 Å². The number of benzene rings is 2. The molecule has 2 rings (SSSR count). The van der Waals surface area contributed by atoms with Crippen LogP contribution < -0.4 is 15.0 Å². The highest BCUT2D eigenvalue weighted by Gasteiger charge is 2.20. The van der Waals surface area contributed by atoms with Crippen LogP contribution in [0, 0.1) is 5.41 Å². The van der Waals surface area contributed by atoms with Gasteiger partial charge in [0.25, 0.3) is 5.91 Å². The Morgan fingerprint density at radius 2 is 1.55 bits per heavy atom. The van der Waals surface area contributed by atoms with Gasteiger partial charge in [0.2, 0.25) is 0 Å².